The normalized spacial score (nSPS) is 23.5. The molecule has 1 saturated heterocycles. The fourth-order valence-corrected chi connectivity index (χ4v) is 4.01. The number of methoxy groups -OCH3 is 1. The molecule has 0 unspecified atom stereocenters. The van der Waals surface area contributed by atoms with Crippen LogP contribution in [-0.2, 0) is 14.3 Å². The van der Waals surface area contributed by atoms with Crippen molar-refractivity contribution in [3.05, 3.63) is 29.3 Å². The number of carbonyl (C=O) groups is 3. The maximum absolute atomic E-state index is 12.8. The summed E-state index contributed by atoms with van der Waals surface area (Å²) >= 11 is 0. The molecule has 2 heterocycles. The van der Waals surface area contributed by atoms with E-state index in [9.17, 15) is 14.4 Å². The molecule has 0 aromatic heterocycles. The van der Waals surface area contributed by atoms with Gasteiger partial charge in [-0.05, 0) is 44.9 Å². The first-order chi connectivity index (χ1) is 13.7. The second-order valence-corrected chi connectivity index (χ2v) is 8.09. The molecule has 29 heavy (non-hydrogen) atoms. The lowest BCUT2D eigenvalue weighted by atomic mass is 9.94. The van der Waals surface area contributed by atoms with Crippen LogP contribution in [0, 0.1) is 6.92 Å². The number of nitrogens with one attached hydrogen (secondary N) is 3. The van der Waals surface area contributed by atoms with Gasteiger partial charge in [0.1, 0.15) is 11.7 Å². The molecule has 2 aliphatic heterocycles. The summed E-state index contributed by atoms with van der Waals surface area (Å²) in [6, 6.07) is 4.93. The van der Waals surface area contributed by atoms with Crippen LogP contribution >= 0.6 is 0 Å². The van der Waals surface area contributed by atoms with Crippen molar-refractivity contribution in [1.29, 1.82) is 0 Å². The Morgan fingerprint density at radius 3 is 2.76 bits per heavy atom. The van der Waals surface area contributed by atoms with Crippen molar-refractivity contribution < 1.29 is 19.1 Å². The molecular weight excluding hydrogens is 372 g/mol. The van der Waals surface area contributed by atoms with Gasteiger partial charge < -0.3 is 25.6 Å². The molecular formula is C21H30N4O4. The predicted octanol–water partition coefficient (Wildman–Crippen LogP) is 1.40. The summed E-state index contributed by atoms with van der Waals surface area (Å²) in [4.78, 5) is 39.6. The predicted molar refractivity (Wildman–Crippen MR) is 110 cm³/mol. The van der Waals surface area contributed by atoms with E-state index < -0.39 is 11.7 Å². The number of likely N-dealkylation sites (tertiary alicyclic amines) is 1. The number of benzene rings is 1. The molecule has 1 aromatic carbocycles. The van der Waals surface area contributed by atoms with Crippen LogP contribution in [0.15, 0.2) is 18.2 Å². The molecule has 0 saturated carbocycles. The zero-order chi connectivity index (χ0) is 21.2. The second kappa shape index (κ2) is 8.41. The van der Waals surface area contributed by atoms with Crippen LogP contribution in [0.25, 0.3) is 0 Å². The highest BCUT2D eigenvalue weighted by Crippen LogP contribution is 2.32. The van der Waals surface area contributed by atoms with Gasteiger partial charge in [0.15, 0.2) is 0 Å². The number of rotatable bonds is 5. The van der Waals surface area contributed by atoms with Gasteiger partial charge in [-0.25, -0.2) is 0 Å². The van der Waals surface area contributed by atoms with Gasteiger partial charge >= 0.3 is 0 Å². The monoisotopic (exact) mass is 402 g/mol. The van der Waals surface area contributed by atoms with Gasteiger partial charge in [-0.2, -0.15) is 0 Å². The van der Waals surface area contributed by atoms with Crippen LogP contribution in [0.4, 0.5) is 5.69 Å². The SMILES string of the molecule is COC[C@H](C)NC(=O)[C@@H](C)N1CC[C@]2(CCC1=O)NC(=O)c1ccc(C)cc1N2. The van der Waals surface area contributed by atoms with Crippen molar-refractivity contribution in [3.8, 4) is 0 Å². The third-order valence-corrected chi connectivity index (χ3v) is 5.66. The average Bonchev–Trinajstić information content (AvgIpc) is 2.80. The van der Waals surface area contributed by atoms with Gasteiger partial charge in [-0.15, -0.1) is 0 Å². The lowest BCUT2D eigenvalue weighted by molar-refractivity contribution is -0.139. The fourth-order valence-electron chi connectivity index (χ4n) is 4.01. The molecule has 3 atom stereocenters. The number of aryl methyl sites for hydroxylation is 1. The third kappa shape index (κ3) is 4.53. The van der Waals surface area contributed by atoms with E-state index in [1.165, 1.54) is 0 Å². The number of amides is 3. The molecule has 3 rings (SSSR count). The Hall–Kier alpha value is -2.61. The van der Waals surface area contributed by atoms with Crippen molar-refractivity contribution in [2.24, 2.45) is 0 Å². The lowest BCUT2D eigenvalue weighted by Crippen LogP contribution is -2.58. The third-order valence-electron chi connectivity index (χ3n) is 5.66. The lowest BCUT2D eigenvalue weighted by Gasteiger charge is -2.40. The molecule has 1 aromatic rings. The van der Waals surface area contributed by atoms with Crippen molar-refractivity contribution in [2.45, 2.75) is 57.8 Å². The quantitative estimate of drug-likeness (QED) is 0.691. The largest absolute Gasteiger partial charge is 0.383 e. The standard InChI is InChI=1S/C21H30N4O4/c1-13-5-6-16-17(11-13)23-21(24-20(16)28)8-7-18(26)25(10-9-21)15(3)19(27)22-14(2)12-29-4/h5-6,11,14-15,23H,7-10,12H2,1-4H3,(H,22,27)(H,24,28)/t14-,15+,21-/m0/s1. The fraction of sp³-hybridized carbons (Fsp3) is 0.571. The van der Waals surface area contributed by atoms with Gasteiger partial charge in [-0.1, -0.05) is 6.07 Å². The number of anilines is 1. The summed E-state index contributed by atoms with van der Waals surface area (Å²) in [7, 11) is 1.58. The first-order valence-corrected chi connectivity index (χ1v) is 10.0. The van der Waals surface area contributed by atoms with Crippen molar-refractivity contribution >= 4 is 23.4 Å². The van der Waals surface area contributed by atoms with Crippen LogP contribution in [0.5, 0.6) is 0 Å². The van der Waals surface area contributed by atoms with Crippen molar-refractivity contribution in [1.82, 2.24) is 15.5 Å². The molecule has 8 heteroatoms. The van der Waals surface area contributed by atoms with E-state index in [-0.39, 0.29) is 30.2 Å². The van der Waals surface area contributed by atoms with Crippen LogP contribution in [0.2, 0.25) is 0 Å². The van der Waals surface area contributed by atoms with Crippen LogP contribution < -0.4 is 16.0 Å². The van der Waals surface area contributed by atoms with E-state index in [4.69, 9.17) is 4.74 Å². The first-order valence-electron chi connectivity index (χ1n) is 10.0. The Labute approximate surface area is 171 Å². The second-order valence-electron chi connectivity index (χ2n) is 8.09. The highest BCUT2D eigenvalue weighted by atomic mass is 16.5. The number of fused-ring (bicyclic) bond motifs is 1. The van der Waals surface area contributed by atoms with Gasteiger partial charge in [0.2, 0.25) is 11.8 Å². The Kier molecular flexibility index (Phi) is 6.12. The zero-order valence-electron chi connectivity index (χ0n) is 17.5. The minimum atomic E-state index is -0.693. The Balaban J connectivity index is 1.73. The van der Waals surface area contributed by atoms with E-state index >= 15 is 0 Å². The van der Waals surface area contributed by atoms with Gasteiger partial charge in [-0.3, -0.25) is 14.4 Å². The Morgan fingerprint density at radius 1 is 1.28 bits per heavy atom. The van der Waals surface area contributed by atoms with E-state index in [1.54, 1.807) is 18.9 Å². The Bertz CT molecular complexity index is 812. The number of ether oxygens (including phenoxy) is 1. The van der Waals surface area contributed by atoms with Gasteiger partial charge in [0.25, 0.3) is 5.91 Å². The molecule has 3 amide bonds. The Morgan fingerprint density at radius 2 is 2.03 bits per heavy atom. The highest BCUT2D eigenvalue weighted by molar-refractivity contribution is 6.02. The molecule has 0 radical (unpaired) electrons. The number of carbonyl (C=O) groups excluding carboxylic acids is 3. The summed E-state index contributed by atoms with van der Waals surface area (Å²) < 4.78 is 5.05. The molecule has 158 valence electrons. The minimum Gasteiger partial charge on any atom is -0.383 e. The zero-order valence-corrected chi connectivity index (χ0v) is 17.5. The van der Waals surface area contributed by atoms with E-state index in [0.717, 1.165) is 11.3 Å². The summed E-state index contributed by atoms with van der Waals surface area (Å²) in [5.41, 5.74) is 1.76. The molecule has 8 nitrogen and oxygen atoms in total. The summed E-state index contributed by atoms with van der Waals surface area (Å²) in [5, 5.41) is 9.39. The molecule has 3 N–H and O–H groups in total. The molecule has 0 aliphatic carbocycles. The maximum Gasteiger partial charge on any atom is 0.255 e. The first kappa shape index (κ1) is 21.1. The van der Waals surface area contributed by atoms with Gasteiger partial charge in [0, 0.05) is 38.2 Å². The summed E-state index contributed by atoms with van der Waals surface area (Å²) in [6.45, 7) is 6.35. The van der Waals surface area contributed by atoms with Crippen molar-refractivity contribution in [2.75, 3.05) is 25.6 Å². The van der Waals surface area contributed by atoms with Crippen LogP contribution in [-0.4, -0.2) is 60.6 Å². The topological polar surface area (TPSA) is 99.8 Å². The maximum atomic E-state index is 12.8. The van der Waals surface area contributed by atoms with E-state index in [2.05, 4.69) is 16.0 Å². The number of nitrogens with zero attached hydrogens (tertiary/aromatic N) is 1. The number of hydrogen-bond acceptors (Lipinski definition) is 5. The minimum absolute atomic E-state index is 0.0880. The van der Waals surface area contributed by atoms with Crippen molar-refractivity contribution in [3.63, 3.8) is 0 Å². The summed E-state index contributed by atoms with van der Waals surface area (Å²) in [6.07, 6.45) is 1.23. The van der Waals surface area contributed by atoms with E-state index in [0.29, 0.717) is 31.6 Å². The molecule has 0 bridgehead atoms. The smallest absolute Gasteiger partial charge is 0.255 e. The molecule has 1 spiro atoms. The molecule has 1 fully saturated rings. The van der Waals surface area contributed by atoms with Crippen LogP contribution in [0.3, 0.4) is 0 Å². The average molecular weight is 402 g/mol. The summed E-state index contributed by atoms with van der Waals surface area (Å²) in [5.74, 6) is -0.436. The number of hydrogen-bond donors (Lipinski definition) is 3. The van der Waals surface area contributed by atoms with Gasteiger partial charge in [0.05, 0.1) is 12.2 Å². The molecule has 2 aliphatic rings. The highest BCUT2D eigenvalue weighted by Gasteiger charge is 2.41. The van der Waals surface area contributed by atoms with E-state index in [1.807, 2.05) is 32.0 Å². The van der Waals surface area contributed by atoms with Crippen LogP contribution in [0.1, 0.15) is 49.0 Å².